The smallest absolute Gasteiger partial charge is 0.335 e. The zero-order valence-electron chi connectivity index (χ0n) is 13.0. The molecule has 0 aliphatic heterocycles. The lowest BCUT2D eigenvalue weighted by Crippen LogP contribution is -2.35. The fourth-order valence-electron chi connectivity index (χ4n) is 1.65. The molecule has 0 aliphatic carbocycles. The van der Waals surface area contributed by atoms with Crippen molar-refractivity contribution < 1.29 is 25.8 Å². The van der Waals surface area contributed by atoms with Crippen LogP contribution in [0.4, 0.5) is 10.7 Å². The van der Waals surface area contributed by atoms with Gasteiger partial charge >= 0.3 is 16.1 Å². The Morgan fingerprint density at radius 1 is 1.16 bits per heavy atom. The van der Waals surface area contributed by atoms with Crippen LogP contribution in [0.3, 0.4) is 0 Å². The van der Waals surface area contributed by atoms with E-state index in [4.69, 9.17) is 0 Å². The summed E-state index contributed by atoms with van der Waals surface area (Å²) in [5.41, 5.74) is 0.458. The highest BCUT2D eigenvalue weighted by Crippen LogP contribution is 2.24. The second kappa shape index (κ2) is 6.98. The Labute approximate surface area is 143 Å². The number of nitrogens with zero attached hydrogens (tertiary/aromatic N) is 3. The first-order chi connectivity index (χ1) is 11.6. The maximum Gasteiger partial charge on any atom is 0.335 e. The number of carbonyl (C=O) groups excluding carboxylic acids is 1. The number of para-hydroxylation sites is 1. The number of carbonyl (C=O) groups is 1. The number of anilines is 1. The van der Waals surface area contributed by atoms with Crippen LogP contribution in [0.2, 0.25) is 0 Å². The van der Waals surface area contributed by atoms with Gasteiger partial charge in [0.2, 0.25) is 0 Å². The van der Waals surface area contributed by atoms with Crippen molar-refractivity contribution >= 4 is 32.1 Å². The van der Waals surface area contributed by atoms with E-state index in [2.05, 4.69) is 24.7 Å². The molecule has 0 atom stereocenters. The van der Waals surface area contributed by atoms with Gasteiger partial charge in [-0.25, -0.2) is 22.9 Å². The quantitative estimate of drug-likeness (QED) is 0.675. The molecular weight excluding hydrogens is 374 g/mol. The number of aromatic nitrogens is 3. The minimum Gasteiger partial charge on any atom is -0.381 e. The minimum absolute atomic E-state index is 0.201. The highest BCUT2D eigenvalue weighted by Gasteiger charge is 2.24. The average Bonchev–Trinajstić information content (AvgIpc) is 2.45. The summed E-state index contributed by atoms with van der Waals surface area (Å²) in [4.78, 5) is 15.1. The Morgan fingerprint density at radius 3 is 2.48 bits per heavy atom. The van der Waals surface area contributed by atoms with Crippen LogP contribution in [0.15, 0.2) is 35.4 Å². The third-order valence-electron chi connectivity index (χ3n) is 2.51. The lowest BCUT2D eigenvalue weighted by atomic mass is 10.3. The molecule has 0 saturated carbocycles. The Balaban J connectivity index is 2.23. The van der Waals surface area contributed by atoms with Crippen molar-refractivity contribution in [3.63, 3.8) is 0 Å². The van der Waals surface area contributed by atoms with E-state index in [9.17, 15) is 21.6 Å². The van der Waals surface area contributed by atoms with Gasteiger partial charge in [0.15, 0.2) is 5.75 Å². The summed E-state index contributed by atoms with van der Waals surface area (Å²) in [6, 6.07) is 3.80. The number of aryl methyl sites for hydroxylation is 1. The van der Waals surface area contributed by atoms with E-state index in [1.165, 1.54) is 18.3 Å². The van der Waals surface area contributed by atoms with Gasteiger partial charge in [-0.3, -0.25) is 5.32 Å². The number of rotatable bonds is 5. The van der Waals surface area contributed by atoms with E-state index < -0.39 is 36.8 Å². The highest BCUT2D eigenvalue weighted by atomic mass is 32.2. The normalized spacial score (nSPS) is 11.6. The van der Waals surface area contributed by atoms with Crippen molar-refractivity contribution in [2.75, 3.05) is 11.6 Å². The molecule has 0 spiro atoms. The van der Waals surface area contributed by atoms with Gasteiger partial charge in [-0.2, -0.15) is 13.5 Å². The maximum atomic E-state index is 12.3. The molecule has 25 heavy (non-hydrogen) atoms. The van der Waals surface area contributed by atoms with Crippen LogP contribution in [0.1, 0.15) is 5.69 Å². The topological polar surface area (TPSA) is 157 Å². The standard InChI is InChI=1S/C12H13N5O6S2/c1-8-7-13-16-11(14-8)15-12(18)17-25(21,22)10-6-4-3-5-9(10)23-24(2,19)20/h3-7H,1-2H3,(H2,14,15,16,17,18). The van der Waals surface area contributed by atoms with Crippen molar-refractivity contribution in [2.45, 2.75) is 11.8 Å². The largest absolute Gasteiger partial charge is 0.381 e. The van der Waals surface area contributed by atoms with Crippen LogP contribution >= 0.6 is 0 Å². The number of amides is 2. The molecule has 0 fully saturated rings. The Morgan fingerprint density at radius 2 is 1.84 bits per heavy atom. The molecule has 134 valence electrons. The Kier molecular flexibility index (Phi) is 5.18. The van der Waals surface area contributed by atoms with Crippen LogP contribution < -0.4 is 14.2 Å². The molecule has 1 aromatic carbocycles. The summed E-state index contributed by atoms with van der Waals surface area (Å²) >= 11 is 0. The zero-order chi connectivity index (χ0) is 18.7. The number of urea groups is 1. The molecule has 0 radical (unpaired) electrons. The minimum atomic E-state index is -4.42. The predicted molar refractivity (Wildman–Crippen MR) is 85.8 cm³/mol. The van der Waals surface area contributed by atoms with Gasteiger partial charge in [-0.15, -0.1) is 5.10 Å². The van der Waals surface area contributed by atoms with Gasteiger partial charge in [0.1, 0.15) is 4.90 Å². The van der Waals surface area contributed by atoms with E-state index in [-0.39, 0.29) is 5.95 Å². The summed E-state index contributed by atoms with van der Waals surface area (Å²) in [5, 5.41) is 9.17. The molecule has 0 aliphatic rings. The van der Waals surface area contributed by atoms with Crippen LogP contribution in [0.25, 0.3) is 0 Å². The molecule has 2 amide bonds. The summed E-state index contributed by atoms with van der Waals surface area (Å²) in [7, 11) is -8.38. The van der Waals surface area contributed by atoms with Crippen LogP contribution in [-0.4, -0.2) is 44.3 Å². The molecule has 2 rings (SSSR count). The van der Waals surface area contributed by atoms with E-state index in [1.54, 1.807) is 11.6 Å². The molecule has 11 nitrogen and oxygen atoms in total. The summed E-state index contributed by atoms with van der Waals surface area (Å²) in [6.07, 6.45) is 2.11. The van der Waals surface area contributed by atoms with E-state index in [0.717, 1.165) is 18.4 Å². The molecule has 13 heteroatoms. The fourth-order valence-corrected chi connectivity index (χ4v) is 3.21. The third kappa shape index (κ3) is 5.36. The Hall–Kier alpha value is -2.80. The number of hydrogen-bond donors (Lipinski definition) is 2. The Bertz CT molecular complexity index is 1010. The number of hydrogen-bond acceptors (Lipinski definition) is 9. The zero-order valence-corrected chi connectivity index (χ0v) is 14.6. The van der Waals surface area contributed by atoms with Crippen molar-refractivity contribution in [1.82, 2.24) is 19.9 Å². The molecule has 2 N–H and O–H groups in total. The van der Waals surface area contributed by atoms with E-state index >= 15 is 0 Å². The first-order valence-corrected chi connectivity index (χ1v) is 9.85. The SMILES string of the molecule is Cc1cnnc(NC(=O)NS(=O)(=O)c2ccccc2OS(C)(=O)=O)n1. The van der Waals surface area contributed by atoms with Crippen LogP contribution in [0.5, 0.6) is 5.75 Å². The first-order valence-electron chi connectivity index (χ1n) is 6.55. The van der Waals surface area contributed by atoms with Gasteiger partial charge in [-0.05, 0) is 19.1 Å². The molecular formula is C12H13N5O6S2. The van der Waals surface area contributed by atoms with Crippen molar-refractivity contribution in [3.8, 4) is 5.75 Å². The maximum absolute atomic E-state index is 12.3. The van der Waals surface area contributed by atoms with Gasteiger partial charge in [0.05, 0.1) is 18.1 Å². The van der Waals surface area contributed by atoms with Gasteiger partial charge < -0.3 is 4.18 Å². The van der Waals surface area contributed by atoms with Crippen molar-refractivity contribution in [1.29, 1.82) is 0 Å². The molecule has 0 unspecified atom stereocenters. The number of benzene rings is 1. The van der Waals surface area contributed by atoms with Crippen molar-refractivity contribution in [3.05, 3.63) is 36.2 Å². The summed E-state index contributed by atoms with van der Waals surface area (Å²) in [5.74, 6) is -0.646. The highest BCUT2D eigenvalue weighted by molar-refractivity contribution is 7.90. The van der Waals surface area contributed by atoms with Crippen LogP contribution in [-0.2, 0) is 20.1 Å². The first kappa shape index (κ1) is 18.5. The number of nitrogens with one attached hydrogen (secondary N) is 2. The van der Waals surface area contributed by atoms with Gasteiger partial charge in [-0.1, -0.05) is 12.1 Å². The fraction of sp³-hybridized carbons (Fsp3) is 0.167. The molecule has 0 bridgehead atoms. The van der Waals surface area contributed by atoms with Gasteiger partial charge in [0.25, 0.3) is 16.0 Å². The van der Waals surface area contributed by atoms with E-state index in [1.807, 2.05) is 0 Å². The molecule has 1 heterocycles. The lowest BCUT2D eigenvalue weighted by Gasteiger charge is -2.11. The molecule has 1 aromatic heterocycles. The van der Waals surface area contributed by atoms with Gasteiger partial charge in [0, 0.05) is 0 Å². The summed E-state index contributed by atoms with van der Waals surface area (Å²) in [6.45, 7) is 1.60. The third-order valence-corrected chi connectivity index (χ3v) is 4.36. The van der Waals surface area contributed by atoms with E-state index in [0.29, 0.717) is 5.69 Å². The average molecular weight is 387 g/mol. The molecule has 0 saturated heterocycles. The second-order valence-corrected chi connectivity index (χ2v) is 7.94. The molecule has 2 aromatic rings. The predicted octanol–water partition coefficient (Wildman–Crippen LogP) is 0.0288. The lowest BCUT2D eigenvalue weighted by molar-refractivity contribution is 0.256. The van der Waals surface area contributed by atoms with Crippen molar-refractivity contribution in [2.24, 2.45) is 0 Å². The number of sulfonamides is 1. The summed E-state index contributed by atoms with van der Waals surface area (Å²) < 4.78 is 53.4. The second-order valence-electron chi connectivity index (χ2n) is 4.72. The van der Waals surface area contributed by atoms with Crippen LogP contribution in [0, 0.1) is 6.92 Å². The monoisotopic (exact) mass is 387 g/mol.